The van der Waals surface area contributed by atoms with Crippen molar-refractivity contribution in [2.75, 3.05) is 0 Å². The number of rotatable bonds is 6. The fraction of sp³-hybridized carbons (Fsp3) is 0.529. The van der Waals surface area contributed by atoms with Crippen molar-refractivity contribution >= 4 is 12.3 Å². The van der Waals surface area contributed by atoms with Crippen LogP contribution in [0.2, 0.25) is 0 Å². The zero-order chi connectivity index (χ0) is 16.5. The highest BCUT2D eigenvalue weighted by Gasteiger charge is 2.09. The van der Waals surface area contributed by atoms with E-state index in [1.807, 2.05) is 0 Å². The van der Waals surface area contributed by atoms with E-state index in [-0.39, 0.29) is 12.3 Å². The SMILES string of the molecule is CCCCC(C)CC(C)c1ccccc1.O=C=O.O=C=O. The van der Waals surface area contributed by atoms with Crippen LogP contribution in [0.15, 0.2) is 30.3 Å². The standard InChI is InChI=1S/C15H24.2CO2/c1-4-5-9-13(2)12-14(3)15-10-7-6-8-11-15;2*2-1-3/h6-8,10-11,13-14H,4-5,9,12H2,1-3H3;;. The zero-order valence-corrected chi connectivity index (χ0v) is 13.0. The third-order valence-corrected chi connectivity index (χ3v) is 3.18. The largest absolute Gasteiger partial charge is 0.373 e. The molecule has 0 spiro atoms. The summed E-state index contributed by atoms with van der Waals surface area (Å²) >= 11 is 0. The van der Waals surface area contributed by atoms with Crippen LogP contribution in [0.1, 0.15) is 57.9 Å². The maximum atomic E-state index is 8.12. The van der Waals surface area contributed by atoms with E-state index in [9.17, 15) is 0 Å². The lowest BCUT2D eigenvalue weighted by atomic mass is 9.89. The summed E-state index contributed by atoms with van der Waals surface area (Å²) in [7, 11) is 0. The molecule has 2 unspecified atom stereocenters. The first-order valence-corrected chi connectivity index (χ1v) is 7.10. The van der Waals surface area contributed by atoms with Crippen molar-refractivity contribution in [1.82, 2.24) is 0 Å². The average molecular weight is 292 g/mol. The van der Waals surface area contributed by atoms with Crippen molar-refractivity contribution in [2.45, 2.75) is 52.4 Å². The van der Waals surface area contributed by atoms with Crippen LogP contribution in [0, 0.1) is 5.92 Å². The molecule has 0 bridgehead atoms. The van der Waals surface area contributed by atoms with Gasteiger partial charge in [0.1, 0.15) is 0 Å². The van der Waals surface area contributed by atoms with E-state index in [1.54, 1.807) is 0 Å². The van der Waals surface area contributed by atoms with Crippen LogP contribution < -0.4 is 0 Å². The Morgan fingerprint density at radius 1 is 0.952 bits per heavy atom. The maximum absolute atomic E-state index is 8.12. The minimum absolute atomic E-state index is 0.250. The van der Waals surface area contributed by atoms with E-state index in [1.165, 1.54) is 31.2 Å². The molecule has 0 aliphatic heterocycles. The summed E-state index contributed by atoms with van der Waals surface area (Å²) in [4.78, 5) is 32.5. The Balaban J connectivity index is 0. The Hall–Kier alpha value is -2.02. The molecule has 1 rings (SSSR count). The predicted octanol–water partition coefficient (Wildman–Crippen LogP) is 3.84. The quantitative estimate of drug-likeness (QED) is 0.798. The number of benzene rings is 1. The molecule has 0 fully saturated rings. The minimum atomic E-state index is 0.250. The Morgan fingerprint density at radius 2 is 1.43 bits per heavy atom. The first-order valence-electron chi connectivity index (χ1n) is 7.10. The van der Waals surface area contributed by atoms with Gasteiger partial charge in [0.15, 0.2) is 0 Å². The number of unbranched alkanes of at least 4 members (excludes halogenated alkanes) is 1. The summed E-state index contributed by atoms with van der Waals surface area (Å²) in [5.41, 5.74) is 1.49. The second kappa shape index (κ2) is 16.0. The molecule has 0 saturated carbocycles. The van der Waals surface area contributed by atoms with Crippen LogP contribution in [0.4, 0.5) is 0 Å². The normalized spacial score (nSPS) is 11.4. The predicted molar refractivity (Wildman–Crippen MR) is 78.2 cm³/mol. The lowest BCUT2D eigenvalue weighted by molar-refractivity contribution is -0.193. The Morgan fingerprint density at radius 3 is 1.86 bits per heavy atom. The van der Waals surface area contributed by atoms with Crippen molar-refractivity contribution in [3.63, 3.8) is 0 Å². The van der Waals surface area contributed by atoms with Gasteiger partial charge in [0, 0.05) is 0 Å². The summed E-state index contributed by atoms with van der Waals surface area (Å²) in [6.07, 6.45) is 5.91. The van der Waals surface area contributed by atoms with Gasteiger partial charge in [0.2, 0.25) is 0 Å². The highest BCUT2D eigenvalue weighted by atomic mass is 16.2. The smallest absolute Gasteiger partial charge is 0.186 e. The fourth-order valence-electron chi connectivity index (χ4n) is 2.19. The van der Waals surface area contributed by atoms with Crippen molar-refractivity contribution in [3.8, 4) is 0 Å². The van der Waals surface area contributed by atoms with Gasteiger partial charge in [-0.15, -0.1) is 0 Å². The molecular weight excluding hydrogens is 268 g/mol. The highest BCUT2D eigenvalue weighted by Crippen LogP contribution is 2.25. The second-order valence-electron chi connectivity index (χ2n) is 4.96. The molecule has 0 aromatic heterocycles. The molecule has 0 radical (unpaired) electrons. The van der Waals surface area contributed by atoms with Gasteiger partial charge in [-0.2, -0.15) is 19.2 Å². The summed E-state index contributed by atoms with van der Waals surface area (Å²) < 4.78 is 0. The van der Waals surface area contributed by atoms with Crippen LogP contribution in [0.25, 0.3) is 0 Å². The van der Waals surface area contributed by atoms with Crippen molar-refractivity contribution < 1.29 is 19.2 Å². The molecule has 4 nitrogen and oxygen atoms in total. The lowest BCUT2D eigenvalue weighted by Gasteiger charge is -2.17. The Bertz CT molecular complexity index is 390. The summed E-state index contributed by atoms with van der Waals surface area (Å²) in [6, 6.07) is 10.9. The van der Waals surface area contributed by atoms with E-state index < -0.39 is 0 Å². The lowest BCUT2D eigenvalue weighted by Crippen LogP contribution is -2.02. The maximum Gasteiger partial charge on any atom is 0.373 e. The van der Waals surface area contributed by atoms with Gasteiger partial charge in [-0.3, -0.25) is 0 Å². The van der Waals surface area contributed by atoms with Crippen molar-refractivity contribution in [2.24, 2.45) is 5.92 Å². The Labute approximate surface area is 126 Å². The third kappa shape index (κ3) is 14.2. The summed E-state index contributed by atoms with van der Waals surface area (Å²) in [5.74, 6) is 1.57. The summed E-state index contributed by atoms with van der Waals surface area (Å²) in [6.45, 7) is 7.00. The summed E-state index contributed by atoms with van der Waals surface area (Å²) in [5, 5.41) is 0. The monoisotopic (exact) mass is 292 g/mol. The topological polar surface area (TPSA) is 68.3 Å². The first-order chi connectivity index (χ1) is 10.1. The number of carbonyl (C=O) groups excluding carboxylic acids is 4. The van der Waals surface area contributed by atoms with Crippen LogP contribution in [0.5, 0.6) is 0 Å². The van der Waals surface area contributed by atoms with Gasteiger partial charge in [-0.05, 0) is 23.8 Å². The Kier molecular flexibility index (Phi) is 16.3. The van der Waals surface area contributed by atoms with Gasteiger partial charge < -0.3 is 0 Å². The van der Waals surface area contributed by atoms with Crippen LogP contribution in [-0.4, -0.2) is 12.3 Å². The molecule has 0 aliphatic carbocycles. The molecule has 0 amide bonds. The molecule has 116 valence electrons. The van der Waals surface area contributed by atoms with Gasteiger partial charge in [-0.1, -0.05) is 70.4 Å². The molecule has 4 heteroatoms. The minimum Gasteiger partial charge on any atom is -0.186 e. The van der Waals surface area contributed by atoms with Crippen LogP contribution >= 0.6 is 0 Å². The molecule has 0 heterocycles. The molecule has 21 heavy (non-hydrogen) atoms. The van der Waals surface area contributed by atoms with Crippen molar-refractivity contribution in [1.29, 1.82) is 0 Å². The second-order valence-corrected chi connectivity index (χ2v) is 4.96. The van der Waals surface area contributed by atoms with Gasteiger partial charge in [0.25, 0.3) is 0 Å². The zero-order valence-electron chi connectivity index (χ0n) is 13.0. The van der Waals surface area contributed by atoms with Gasteiger partial charge in [0.05, 0.1) is 0 Å². The first kappa shape index (κ1) is 21.3. The number of hydrogen-bond donors (Lipinski definition) is 0. The van der Waals surface area contributed by atoms with Crippen LogP contribution in [-0.2, 0) is 19.2 Å². The van der Waals surface area contributed by atoms with E-state index in [4.69, 9.17) is 19.2 Å². The molecule has 1 aromatic rings. The van der Waals surface area contributed by atoms with E-state index >= 15 is 0 Å². The molecular formula is C17H24O4. The highest BCUT2D eigenvalue weighted by molar-refractivity contribution is 5.20. The van der Waals surface area contributed by atoms with Crippen LogP contribution in [0.3, 0.4) is 0 Å². The van der Waals surface area contributed by atoms with Gasteiger partial charge >= 0.3 is 12.3 Å². The number of hydrogen-bond acceptors (Lipinski definition) is 4. The molecule has 0 saturated heterocycles. The van der Waals surface area contributed by atoms with E-state index in [0.29, 0.717) is 5.92 Å². The van der Waals surface area contributed by atoms with Gasteiger partial charge in [-0.25, -0.2) is 0 Å². The molecule has 0 aliphatic rings. The molecule has 0 N–H and O–H groups in total. The van der Waals surface area contributed by atoms with E-state index in [2.05, 4.69) is 51.1 Å². The molecule has 1 aromatic carbocycles. The average Bonchev–Trinajstić information content (AvgIpc) is 2.47. The molecule has 2 atom stereocenters. The fourth-order valence-corrected chi connectivity index (χ4v) is 2.19. The van der Waals surface area contributed by atoms with Crippen molar-refractivity contribution in [3.05, 3.63) is 35.9 Å². The third-order valence-electron chi connectivity index (χ3n) is 3.18. The van der Waals surface area contributed by atoms with E-state index in [0.717, 1.165) is 5.92 Å².